The number of hydrogen-bond acceptors (Lipinski definition) is 2. The Bertz CT molecular complexity index is 452. The number of carbonyl (C=O) groups excluding carboxylic acids is 1. The molecular formula is C15H19IN2O. The monoisotopic (exact) mass is 370 g/mol. The average Bonchev–Trinajstić information content (AvgIpc) is 3.25. The second-order valence-corrected chi connectivity index (χ2v) is 6.90. The summed E-state index contributed by atoms with van der Waals surface area (Å²) in [5.41, 5.74) is 0.896. The van der Waals surface area contributed by atoms with Gasteiger partial charge in [-0.05, 0) is 78.5 Å². The van der Waals surface area contributed by atoms with Crippen LogP contribution in [0.3, 0.4) is 0 Å². The summed E-state index contributed by atoms with van der Waals surface area (Å²) in [6.45, 7) is 1.66. The first-order chi connectivity index (χ1) is 9.20. The largest absolute Gasteiger partial charge is 0.325 e. The maximum Gasteiger partial charge on any atom is 0.238 e. The lowest BCUT2D eigenvalue weighted by Gasteiger charge is -2.21. The summed E-state index contributed by atoms with van der Waals surface area (Å²) in [6.07, 6.45) is 5.23. The van der Waals surface area contributed by atoms with Gasteiger partial charge >= 0.3 is 0 Å². The van der Waals surface area contributed by atoms with Gasteiger partial charge < -0.3 is 5.32 Å². The maximum atomic E-state index is 12.1. The third-order valence-electron chi connectivity index (χ3n) is 3.73. The van der Waals surface area contributed by atoms with Gasteiger partial charge in [-0.1, -0.05) is 0 Å². The van der Waals surface area contributed by atoms with Gasteiger partial charge in [0.25, 0.3) is 0 Å². The summed E-state index contributed by atoms with van der Waals surface area (Å²) < 4.78 is 1.18. The highest BCUT2D eigenvalue weighted by molar-refractivity contribution is 14.1. The van der Waals surface area contributed by atoms with Crippen LogP contribution in [0.1, 0.15) is 25.7 Å². The Kier molecular flexibility index (Phi) is 4.07. The molecule has 0 aromatic heterocycles. The second-order valence-electron chi connectivity index (χ2n) is 5.66. The number of halogens is 1. The Morgan fingerprint density at radius 3 is 2.47 bits per heavy atom. The topological polar surface area (TPSA) is 32.3 Å². The normalized spacial score (nSPS) is 18.6. The Labute approximate surface area is 127 Å². The third-order valence-corrected chi connectivity index (χ3v) is 4.45. The van der Waals surface area contributed by atoms with Crippen LogP contribution < -0.4 is 5.32 Å². The predicted octanol–water partition coefficient (Wildman–Crippen LogP) is 3.10. The fraction of sp³-hybridized carbons (Fsp3) is 0.533. The molecule has 0 unspecified atom stereocenters. The molecule has 19 heavy (non-hydrogen) atoms. The van der Waals surface area contributed by atoms with E-state index in [0.29, 0.717) is 12.6 Å². The molecule has 102 valence electrons. The first kappa shape index (κ1) is 13.4. The molecule has 1 amide bonds. The lowest BCUT2D eigenvalue weighted by atomic mass is 10.3. The van der Waals surface area contributed by atoms with Crippen molar-refractivity contribution in [2.45, 2.75) is 31.7 Å². The SMILES string of the molecule is O=C(CN(CC1CC1)C1CC1)Nc1ccc(I)cc1. The fourth-order valence-corrected chi connectivity index (χ4v) is 2.69. The molecule has 0 heterocycles. The number of anilines is 1. The smallest absolute Gasteiger partial charge is 0.238 e. The molecule has 4 heteroatoms. The summed E-state index contributed by atoms with van der Waals surface area (Å²) in [6, 6.07) is 8.62. The van der Waals surface area contributed by atoms with Gasteiger partial charge in [-0.2, -0.15) is 0 Å². The molecule has 3 nitrogen and oxygen atoms in total. The van der Waals surface area contributed by atoms with Gasteiger partial charge in [0.15, 0.2) is 0 Å². The number of benzene rings is 1. The summed E-state index contributed by atoms with van der Waals surface area (Å²) in [7, 11) is 0. The summed E-state index contributed by atoms with van der Waals surface area (Å²) in [5.74, 6) is 0.973. The van der Waals surface area contributed by atoms with Gasteiger partial charge in [0.1, 0.15) is 0 Å². The minimum Gasteiger partial charge on any atom is -0.325 e. The van der Waals surface area contributed by atoms with Gasteiger partial charge in [0.2, 0.25) is 5.91 Å². The minimum atomic E-state index is 0.119. The lowest BCUT2D eigenvalue weighted by molar-refractivity contribution is -0.117. The maximum absolute atomic E-state index is 12.1. The van der Waals surface area contributed by atoms with E-state index in [1.807, 2.05) is 24.3 Å². The number of nitrogens with zero attached hydrogens (tertiary/aromatic N) is 1. The molecule has 3 rings (SSSR count). The lowest BCUT2D eigenvalue weighted by Crippen LogP contribution is -2.36. The Hall–Kier alpha value is -0.620. The number of hydrogen-bond donors (Lipinski definition) is 1. The quantitative estimate of drug-likeness (QED) is 0.781. The van der Waals surface area contributed by atoms with E-state index in [4.69, 9.17) is 0 Å². The van der Waals surface area contributed by atoms with Crippen molar-refractivity contribution in [2.24, 2.45) is 5.92 Å². The Morgan fingerprint density at radius 1 is 1.21 bits per heavy atom. The second kappa shape index (κ2) is 5.79. The molecule has 0 radical (unpaired) electrons. The van der Waals surface area contributed by atoms with Crippen molar-refractivity contribution >= 4 is 34.2 Å². The molecule has 0 aliphatic heterocycles. The molecule has 2 fully saturated rings. The molecule has 1 N–H and O–H groups in total. The van der Waals surface area contributed by atoms with Crippen LogP contribution in [-0.2, 0) is 4.79 Å². The molecule has 0 bridgehead atoms. The van der Waals surface area contributed by atoms with E-state index in [0.717, 1.165) is 18.2 Å². The molecule has 1 aromatic carbocycles. The zero-order valence-corrected chi connectivity index (χ0v) is 13.1. The molecule has 0 atom stereocenters. The van der Waals surface area contributed by atoms with Gasteiger partial charge in [-0.25, -0.2) is 0 Å². The summed E-state index contributed by atoms with van der Waals surface area (Å²) in [5, 5.41) is 2.99. The van der Waals surface area contributed by atoms with E-state index < -0.39 is 0 Å². The van der Waals surface area contributed by atoms with E-state index in [1.165, 1.54) is 29.3 Å². The van der Waals surface area contributed by atoms with Crippen LogP contribution in [0, 0.1) is 9.49 Å². The Morgan fingerprint density at radius 2 is 1.89 bits per heavy atom. The summed E-state index contributed by atoms with van der Waals surface area (Å²) in [4.78, 5) is 14.5. The van der Waals surface area contributed by atoms with E-state index in [2.05, 4.69) is 32.8 Å². The van der Waals surface area contributed by atoms with Crippen molar-refractivity contribution in [1.82, 2.24) is 4.90 Å². The first-order valence-electron chi connectivity index (χ1n) is 7.00. The van der Waals surface area contributed by atoms with E-state index in [1.54, 1.807) is 0 Å². The number of rotatable bonds is 6. The molecule has 2 aliphatic rings. The highest BCUT2D eigenvalue weighted by Crippen LogP contribution is 2.34. The van der Waals surface area contributed by atoms with Crippen molar-refractivity contribution in [3.05, 3.63) is 27.8 Å². The van der Waals surface area contributed by atoms with Crippen LogP contribution in [0.2, 0.25) is 0 Å². The van der Waals surface area contributed by atoms with Crippen LogP contribution in [-0.4, -0.2) is 29.9 Å². The highest BCUT2D eigenvalue weighted by Gasteiger charge is 2.34. The zero-order chi connectivity index (χ0) is 13.2. The van der Waals surface area contributed by atoms with Crippen LogP contribution >= 0.6 is 22.6 Å². The van der Waals surface area contributed by atoms with Crippen LogP contribution in [0.15, 0.2) is 24.3 Å². The number of amides is 1. The van der Waals surface area contributed by atoms with Crippen LogP contribution in [0.25, 0.3) is 0 Å². The van der Waals surface area contributed by atoms with Gasteiger partial charge in [-0.3, -0.25) is 9.69 Å². The zero-order valence-electron chi connectivity index (χ0n) is 10.9. The highest BCUT2D eigenvalue weighted by atomic mass is 127. The molecule has 1 aromatic rings. The molecule has 2 aliphatic carbocycles. The molecule has 0 spiro atoms. The fourth-order valence-electron chi connectivity index (χ4n) is 2.33. The predicted molar refractivity (Wildman–Crippen MR) is 85.1 cm³/mol. The Balaban J connectivity index is 1.52. The first-order valence-corrected chi connectivity index (χ1v) is 8.08. The van der Waals surface area contributed by atoms with Crippen molar-refractivity contribution in [2.75, 3.05) is 18.4 Å². The van der Waals surface area contributed by atoms with Crippen molar-refractivity contribution in [3.63, 3.8) is 0 Å². The summed E-state index contributed by atoms with van der Waals surface area (Å²) >= 11 is 2.27. The number of nitrogens with one attached hydrogen (secondary N) is 1. The van der Waals surface area contributed by atoms with Gasteiger partial charge in [-0.15, -0.1) is 0 Å². The van der Waals surface area contributed by atoms with E-state index in [-0.39, 0.29) is 5.91 Å². The molecular weight excluding hydrogens is 351 g/mol. The van der Waals surface area contributed by atoms with E-state index in [9.17, 15) is 4.79 Å². The van der Waals surface area contributed by atoms with Crippen molar-refractivity contribution in [1.29, 1.82) is 0 Å². The average molecular weight is 370 g/mol. The van der Waals surface area contributed by atoms with Crippen molar-refractivity contribution < 1.29 is 4.79 Å². The third kappa shape index (κ3) is 4.18. The molecule has 2 saturated carbocycles. The number of carbonyl (C=O) groups is 1. The van der Waals surface area contributed by atoms with Gasteiger partial charge in [0, 0.05) is 21.8 Å². The van der Waals surface area contributed by atoms with Crippen LogP contribution in [0.5, 0.6) is 0 Å². The molecule has 0 saturated heterocycles. The van der Waals surface area contributed by atoms with Crippen molar-refractivity contribution in [3.8, 4) is 0 Å². The minimum absolute atomic E-state index is 0.119. The standard InChI is InChI=1S/C15H19IN2O/c16-12-3-5-13(6-4-12)17-15(19)10-18(14-7-8-14)9-11-1-2-11/h3-6,11,14H,1-2,7-10H2,(H,17,19). The van der Waals surface area contributed by atoms with Gasteiger partial charge in [0.05, 0.1) is 6.54 Å². The van der Waals surface area contributed by atoms with E-state index >= 15 is 0 Å². The van der Waals surface area contributed by atoms with Crippen LogP contribution in [0.4, 0.5) is 5.69 Å².